The fraction of sp³-hybridized carbons (Fsp3) is 0.667. The normalized spacial score (nSPS) is 13.6. The number of nitrogens with two attached hydrogens (primary N) is 1. The van der Waals surface area contributed by atoms with Gasteiger partial charge >= 0.3 is 12.0 Å². The third-order valence-electron chi connectivity index (χ3n) is 2.28. The smallest absolute Gasteiger partial charge is 0.312 e. The van der Waals surface area contributed by atoms with Gasteiger partial charge < -0.3 is 21.5 Å². The molecule has 16 heavy (non-hydrogen) atoms. The Morgan fingerprint density at radius 3 is 2.06 bits per heavy atom. The number of hydrogen-bond donors (Lipinski definition) is 4. The van der Waals surface area contributed by atoms with Gasteiger partial charge in [-0.15, -0.1) is 0 Å². The van der Waals surface area contributed by atoms with Gasteiger partial charge in [0, 0.05) is 19.0 Å². The number of nitrogens with one attached hydrogen (secondary N) is 2. The number of hydrogen-bond acceptors (Lipinski definition) is 3. The molecule has 2 atom stereocenters. The van der Waals surface area contributed by atoms with E-state index in [-0.39, 0.29) is 19.0 Å². The number of urea groups is 1. The third kappa shape index (κ3) is 5.18. The third-order valence-corrected chi connectivity index (χ3v) is 2.28. The van der Waals surface area contributed by atoms with E-state index in [4.69, 9.17) is 10.8 Å². The Morgan fingerprint density at radius 2 is 1.62 bits per heavy atom. The lowest BCUT2D eigenvalue weighted by Crippen LogP contribution is -2.40. The molecule has 0 heterocycles. The highest BCUT2D eigenvalue weighted by molar-refractivity contribution is 5.84. The van der Waals surface area contributed by atoms with E-state index >= 15 is 0 Å². The number of carbonyl (C=O) groups is 3. The molecule has 0 radical (unpaired) electrons. The quantitative estimate of drug-likeness (QED) is 0.444. The highest BCUT2D eigenvalue weighted by Crippen LogP contribution is 2.10. The molecule has 0 saturated carbocycles. The summed E-state index contributed by atoms with van der Waals surface area (Å²) in [5.74, 6) is -2.74. The number of amides is 3. The Morgan fingerprint density at radius 1 is 1.12 bits per heavy atom. The Hall–Kier alpha value is -1.79. The van der Waals surface area contributed by atoms with Crippen molar-refractivity contribution >= 4 is 17.9 Å². The molecule has 0 aromatic rings. The van der Waals surface area contributed by atoms with Gasteiger partial charge in [0.05, 0.1) is 5.92 Å². The van der Waals surface area contributed by atoms with Crippen LogP contribution in [0.1, 0.15) is 13.8 Å². The topological polar surface area (TPSA) is 122 Å². The van der Waals surface area contributed by atoms with Gasteiger partial charge in [0.2, 0.25) is 5.91 Å². The molecule has 0 aliphatic carbocycles. The van der Waals surface area contributed by atoms with E-state index in [0.29, 0.717) is 0 Å². The summed E-state index contributed by atoms with van der Waals surface area (Å²) in [7, 11) is 0. The average Bonchev–Trinajstić information content (AvgIpc) is 2.21. The van der Waals surface area contributed by atoms with Crippen molar-refractivity contribution in [2.45, 2.75) is 13.8 Å². The van der Waals surface area contributed by atoms with Gasteiger partial charge in [-0.2, -0.15) is 0 Å². The van der Waals surface area contributed by atoms with Crippen LogP contribution in [0.2, 0.25) is 0 Å². The Balaban J connectivity index is 3.88. The number of rotatable bonds is 6. The predicted octanol–water partition coefficient (Wildman–Crippen LogP) is -0.872. The summed E-state index contributed by atoms with van der Waals surface area (Å²) in [6.07, 6.45) is 0. The van der Waals surface area contributed by atoms with Crippen molar-refractivity contribution in [1.82, 2.24) is 10.6 Å². The SMILES string of the molecule is CC(C(=O)O)C(C)C(=O)NCCNC(N)=O. The van der Waals surface area contributed by atoms with Crippen LogP contribution in [0.25, 0.3) is 0 Å². The number of aliphatic carboxylic acids is 1. The van der Waals surface area contributed by atoms with Gasteiger partial charge in [-0.3, -0.25) is 9.59 Å². The maximum Gasteiger partial charge on any atom is 0.312 e. The summed E-state index contributed by atoms with van der Waals surface area (Å²) in [6, 6.07) is -0.666. The van der Waals surface area contributed by atoms with Gasteiger partial charge in [-0.1, -0.05) is 13.8 Å². The highest BCUT2D eigenvalue weighted by Gasteiger charge is 2.25. The van der Waals surface area contributed by atoms with E-state index in [9.17, 15) is 14.4 Å². The van der Waals surface area contributed by atoms with Gasteiger partial charge in [0.15, 0.2) is 0 Å². The molecule has 0 aromatic heterocycles. The van der Waals surface area contributed by atoms with Crippen LogP contribution in [-0.4, -0.2) is 36.1 Å². The molecule has 3 amide bonds. The molecule has 7 heteroatoms. The zero-order chi connectivity index (χ0) is 12.7. The maximum atomic E-state index is 11.4. The van der Waals surface area contributed by atoms with Crippen LogP contribution in [0.3, 0.4) is 0 Å². The minimum atomic E-state index is -1.02. The van der Waals surface area contributed by atoms with Crippen molar-refractivity contribution in [3.63, 3.8) is 0 Å². The lowest BCUT2D eigenvalue weighted by atomic mass is 9.95. The van der Waals surface area contributed by atoms with E-state index in [1.807, 2.05) is 0 Å². The molecule has 5 N–H and O–H groups in total. The minimum absolute atomic E-state index is 0.218. The number of primary amides is 1. The van der Waals surface area contributed by atoms with Crippen LogP contribution in [0.4, 0.5) is 4.79 Å². The van der Waals surface area contributed by atoms with Crippen molar-refractivity contribution in [3.8, 4) is 0 Å². The van der Waals surface area contributed by atoms with Gasteiger partial charge in [0.25, 0.3) is 0 Å². The first-order chi connectivity index (χ1) is 7.36. The zero-order valence-electron chi connectivity index (χ0n) is 9.32. The zero-order valence-corrected chi connectivity index (χ0v) is 9.32. The van der Waals surface area contributed by atoms with Crippen LogP contribution in [0, 0.1) is 11.8 Å². The second-order valence-electron chi connectivity index (χ2n) is 3.50. The summed E-state index contributed by atoms with van der Waals surface area (Å²) in [6.45, 7) is 3.44. The van der Waals surface area contributed by atoms with Crippen molar-refractivity contribution in [1.29, 1.82) is 0 Å². The Kier molecular flexibility index (Phi) is 5.91. The standard InChI is InChI=1S/C9H17N3O4/c1-5(6(2)8(14)15)7(13)11-3-4-12-9(10)16/h5-6H,3-4H2,1-2H3,(H,11,13)(H,14,15)(H3,10,12,16). The molecular formula is C9H17N3O4. The van der Waals surface area contributed by atoms with Crippen molar-refractivity contribution in [2.75, 3.05) is 13.1 Å². The monoisotopic (exact) mass is 231 g/mol. The molecule has 92 valence electrons. The molecular weight excluding hydrogens is 214 g/mol. The maximum absolute atomic E-state index is 11.4. The molecule has 0 aromatic carbocycles. The lowest BCUT2D eigenvalue weighted by molar-refractivity contribution is -0.146. The van der Waals surface area contributed by atoms with Crippen LogP contribution < -0.4 is 16.4 Å². The summed E-state index contributed by atoms with van der Waals surface area (Å²) < 4.78 is 0. The number of carboxylic acid groups (broad SMARTS) is 1. The van der Waals surface area contributed by atoms with Gasteiger partial charge in [0.1, 0.15) is 0 Å². The van der Waals surface area contributed by atoms with Crippen molar-refractivity contribution in [3.05, 3.63) is 0 Å². The van der Waals surface area contributed by atoms with Crippen LogP contribution >= 0.6 is 0 Å². The predicted molar refractivity (Wildman–Crippen MR) is 56.6 cm³/mol. The molecule has 7 nitrogen and oxygen atoms in total. The summed E-state index contributed by atoms with van der Waals surface area (Å²) in [5, 5.41) is 13.5. The largest absolute Gasteiger partial charge is 0.481 e. The molecule has 0 rings (SSSR count). The first kappa shape index (κ1) is 14.2. The van der Waals surface area contributed by atoms with Gasteiger partial charge in [-0.05, 0) is 0 Å². The number of carboxylic acids is 1. The molecule has 2 unspecified atom stereocenters. The van der Waals surface area contributed by atoms with Gasteiger partial charge in [-0.25, -0.2) is 4.79 Å². The average molecular weight is 231 g/mol. The molecule has 0 aliphatic heterocycles. The van der Waals surface area contributed by atoms with Crippen molar-refractivity contribution < 1.29 is 19.5 Å². The number of carbonyl (C=O) groups excluding carboxylic acids is 2. The van der Waals surface area contributed by atoms with E-state index in [2.05, 4.69) is 10.6 Å². The second kappa shape index (κ2) is 6.65. The first-order valence-electron chi connectivity index (χ1n) is 4.90. The minimum Gasteiger partial charge on any atom is -0.481 e. The lowest BCUT2D eigenvalue weighted by Gasteiger charge is -2.15. The van der Waals surface area contributed by atoms with E-state index in [0.717, 1.165) is 0 Å². The Bertz CT molecular complexity index is 280. The summed E-state index contributed by atoms with van der Waals surface area (Å²) in [4.78, 5) is 32.3. The van der Waals surface area contributed by atoms with Crippen molar-refractivity contribution in [2.24, 2.45) is 17.6 Å². The van der Waals surface area contributed by atoms with E-state index < -0.39 is 23.8 Å². The van der Waals surface area contributed by atoms with E-state index in [1.165, 1.54) is 13.8 Å². The Labute approximate surface area is 93.4 Å². The summed E-state index contributed by atoms with van der Waals surface area (Å²) in [5.41, 5.74) is 4.82. The molecule has 0 bridgehead atoms. The van der Waals surface area contributed by atoms with Crippen LogP contribution in [0.15, 0.2) is 0 Å². The molecule has 0 aliphatic rings. The second-order valence-corrected chi connectivity index (χ2v) is 3.50. The molecule has 0 spiro atoms. The fourth-order valence-electron chi connectivity index (χ4n) is 0.973. The molecule has 0 saturated heterocycles. The first-order valence-corrected chi connectivity index (χ1v) is 4.90. The highest BCUT2D eigenvalue weighted by atomic mass is 16.4. The van der Waals surface area contributed by atoms with Crippen LogP contribution in [0.5, 0.6) is 0 Å². The summed E-state index contributed by atoms with van der Waals surface area (Å²) >= 11 is 0. The fourth-order valence-corrected chi connectivity index (χ4v) is 0.973. The molecule has 0 fully saturated rings. The van der Waals surface area contributed by atoms with E-state index in [1.54, 1.807) is 0 Å². The van der Waals surface area contributed by atoms with Crippen LogP contribution in [-0.2, 0) is 9.59 Å².